The van der Waals surface area contributed by atoms with E-state index in [1.165, 1.54) is 0 Å². The van der Waals surface area contributed by atoms with Crippen molar-refractivity contribution in [2.75, 3.05) is 0 Å². The number of rotatable bonds is 10. The molecule has 24 rings (SSSR count). The minimum absolute atomic E-state index is 0.0534. The van der Waals surface area contributed by atoms with Crippen molar-refractivity contribution in [2.24, 2.45) is 0 Å². The molecule has 0 saturated carbocycles. The van der Waals surface area contributed by atoms with E-state index < -0.39 is 121 Å². The first-order chi connectivity index (χ1) is 64.8. The second-order valence-electron chi connectivity index (χ2n) is 27.4. The summed E-state index contributed by atoms with van der Waals surface area (Å²) in [6.45, 7) is 0. The molecule has 0 aliphatic rings. The van der Waals surface area contributed by atoms with Gasteiger partial charge >= 0.3 is 0 Å². The molecule has 0 aliphatic carbocycles. The SMILES string of the molecule is [2H]c1c([2H])c([2H])c(-c2nc(-c3ccc4c(c3)oc3cccc(-n5c6ccccc6c6cc7c(cc65)c5ccccc5n7-c5ccccc5)c34)nc(-c3c([2H])c([2H])c([2H])c([2H])c3[2H])n2)c([2H])c1[2H].[2H]c1c([2H])c([2H])c(-c2nc(-c3ccc4c(c3)oc3cccc(-n5c6ccccc6c6cc7c8ccccc8n(-c8ccccc8)c7cc65)c34)nc(-c3c([2H])c([2H])c([2H])c([2H])c3[2H])n2)c([2H])c1[2H]. The Balaban J connectivity index is 0.000000151. The van der Waals surface area contributed by atoms with Crippen molar-refractivity contribution in [1.29, 1.82) is 0 Å². The molecule has 532 valence electrons. The lowest BCUT2D eigenvalue weighted by Crippen LogP contribution is -2.00. The summed E-state index contributed by atoms with van der Waals surface area (Å²) >= 11 is 0. The molecule has 0 fully saturated rings. The maximum atomic E-state index is 8.72. The highest BCUT2D eigenvalue weighted by atomic mass is 16.3. The van der Waals surface area contributed by atoms with Gasteiger partial charge in [0.1, 0.15) is 22.3 Å². The van der Waals surface area contributed by atoms with Gasteiger partial charge in [0, 0.05) is 98.6 Å². The van der Waals surface area contributed by atoms with Gasteiger partial charge in [-0.2, -0.15) is 0 Å². The van der Waals surface area contributed by atoms with Crippen LogP contribution in [0.15, 0.2) is 384 Å². The number of fused-ring (bicyclic) bond motifs is 18. The quantitative estimate of drug-likeness (QED) is 0.133. The van der Waals surface area contributed by atoms with E-state index in [1.54, 1.807) is 24.3 Å². The lowest BCUT2D eigenvalue weighted by atomic mass is 10.1. The number of aromatic nitrogens is 10. The van der Waals surface area contributed by atoms with E-state index in [-0.39, 0.29) is 57.2 Å². The van der Waals surface area contributed by atoms with Gasteiger partial charge < -0.3 is 27.1 Å². The maximum Gasteiger partial charge on any atom is 0.164 e. The summed E-state index contributed by atoms with van der Waals surface area (Å²) < 4.78 is 192. The van der Waals surface area contributed by atoms with E-state index in [1.807, 2.05) is 97.1 Å². The Hall–Kier alpha value is -15.7. The van der Waals surface area contributed by atoms with Crippen LogP contribution in [-0.2, 0) is 0 Å². The van der Waals surface area contributed by atoms with Crippen LogP contribution in [0.25, 0.3) is 222 Å². The zero-order chi connectivity index (χ0) is 92.3. The molecular weight excluding hydrogens is 1400 g/mol. The predicted molar refractivity (Wildman–Crippen MR) is 464 cm³/mol. The van der Waals surface area contributed by atoms with E-state index >= 15 is 0 Å². The van der Waals surface area contributed by atoms with Gasteiger partial charge in [0.05, 0.1) is 93.7 Å². The first-order valence-corrected chi connectivity index (χ1v) is 36.6. The van der Waals surface area contributed by atoms with Crippen molar-refractivity contribution in [3.63, 3.8) is 0 Å². The number of furan rings is 2. The summed E-state index contributed by atoms with van der Waals surface area (Å²) in [5.74, 6) is -1.49. The fraction of sp³-hybridized carbons (Fsp3) is 0. The third-order valence-electron chi connectivity index (χ3n) is 21.1. The summed E-state index contributed by atoms with van der Waals surface area (Å²) in [7, 11) is 0. The fourth-order valence-corrected chi connectivity index (χ4v) is 16.3. The molecule has 8 heterocycles. The second-order valence-corrected chi connectivity index (χ2v) is 27.4. The number of nitrogens with zero attached hydrogens (tertiary/aromatic N) is 10. The van der Waals surface area contributed by atoms with E-state index in [0.717, 1.165) is 132 Å². The van der Waals surface area contributed by atoms with E-state index in [4.69, 9.17) is 36.2 Å². The molecule has 16 aromatic carbocycles. The minimum Gasteiger partial charge on any atom is -0.456 e. The summed E-state index contributed by atoms with van der Waals surface area (Å²) in [6, 6.07) is 73.8. The van der Waals surface area contributed by atoms with Crippen molar-refractivity contribution < 1.29 is 36.2 Å². The van der Waals surface area contributed by atoms with E-state index in [2.05, 4.69) is 182 Å². The summed E-state index contributed by atoms with van der Waals surface area (Å²) in [5.41, 5.74) is 13.7. The van der Waals surface area contributed by atoms with Crippen LogP contribution in [-0.4, -0.2) is 48.2 Å². The molecule has 8 aromatic heterocycles. The Morgan fingerprint density at radius 1 is 0.202 bits per heavy atom. The first kappa shape index (κ1) is 47.3. The Morgan fingerprint density at radius 3 is 0.868 bits per heavy atom. The lowest BCUT2D eigenvalue weighted by Gasteiger charge is -2.11. The van der Waals surface area contributed by atoms with Crippen molar-refractivity contribution in [3.8, 4) is 91.1 Å². The Labute approximate surface area is 679 Å². The highest BCUT2D eigenvalue weighted by molar-refractivity contribution is 6.23. The van der Waals surface area contributed by atoms with Gasteiger partial charge in [-0.15, -0.1) is 0 Å². The second kappa shape index (κ2) is 26.0. The van der Waals surface area contributed by atoms with Gasteiger partial charge in [-0.05, 0) is 121 Å². The van der Waals surface area contributed by atoms with Crippen LogP contribution < -0.4 is 0 Å². The van der Waals surface area contributed by atoms with Gasteiger partial charge in [-0.1, -0.05) is 254 Å². The normalized spacial score (nSPS) is 14.3. The largest absolute Gasteiger partial charge is 0.456 e. The number of benzene rings is 16. The summed E-state index contributed by atoms with van der Waals surface area (Å²) in [6.07, 6.45) is 0. The molecule has 0 radical (unpaired) electrons. The molecule has 0 aliphatic heterocycles. The molecule has 114 heavy (non-hydrogen) atoms. The van der Waals surface area contributed by atoms with E-state index in [0.29, 0.717) is 33.5 Å². The molecule has 24 aromatic rings. The van der Waals surface area contributed by atoms with Gasteiger partial charge in [-0.3, -0.25) is 0 Å². The zero-order valence-corrected chi connectivity index (χ0v) is 59.5. The van der Waals surface area contributed by atoms with Crippen LogP contribution in [0.5, 0.6) is 0 Å². The van der Waals surface area contributed by atoms with Crippen LogP contribution in [0.3, 0.4) is 0 Å². The monoisotopic (exact) mass is 1480 g/mol. The molecular formula is C102H62N10O2. The van der Waals surface area contributed by atoms with Gasteiger partial charge in [-0.25, -0.2) is 29.9 Å². The van der Waals surface area contributed by atoms with E-state index in [9.17, 15) is 0 Å². The third kappa shape index (κ3) is 10.4. The number of hydrogen-bond acceptors (Lipinski definition) is 8. The molecule has 12 heteroatoms. The number of hydrogen-bond donors (Lipinski definition) is 0. The summed E-state index contributed by atoms with van der Waals surface area (Å²) in [5, 5.41) is 12.1. The predicted octanol–water partition coefficient (Wildman–Crippen LogP) is 25.9. The highest BCUT2D eigenvalue weighted by Crippen LogP contribution is 2.46. The average molecular weight is 1480 g/mol. The molecule has 0 unspecified atom stereocenters. The van der Waals surface area contributed by atoms with Gasteiger partial charge in [0.2, 0.25) is 0 Å². The number of para-hydroxylation sites is 6. The zero-order valence-electron chi connectivity index (χ0n) is 79.5. The molecule has 0 atom stereocenters. The average Bonchev–Trinajstić information content (AvgIpc) is 1.55. The topological polar surface area (TPSA) is 123 Å². The van der Waals surface area contributed by atoms with Crippen molar-refractivity contribution in [3.05, 3.63) is 376 Å². The van der Waals surface area contributed by atoms with Crippen molar-refractivity contribution in [1.82, 2.24) is 48.2 Å². The van der Waals surface area contributed by atoms with Gasteiger partial charge in [0.25, 0.3) is 0 Å². The Morgan fingerprint density at radius 2 is 0.500 bits per heavy atom. The van der Waals surface area contributed by atoms with Crippen molar-refractivity contribution >= 4 is 131 Å². The fourth-order valence-electron chi connectivity index (χ4n) is 16.3. The minimum atomic E-state index is -0.618. The molecule has 0 N–H and O–H groups in total. The molecule has 0 spiro atoms. The van der Waals surface area contributed by atoms with Crippen LogP contribution in [0.4, 0.5) is 0 Å². The molecule has 12 nitrogen and oxygen atoms in total. The highest BCUT2D eigenvalue weighted by Gasteiger charge is 2.26. The molecule has 0 amide bonds. The maximum absolute atomic E-state index is 8.72. The first-order valence-electron chi connectivity index (χ1n) is 46.6. The Kier molecular flexibility index (Phi) is 10.8. The summed E-state index contributed by atoms with van der Waals surface area (Å²) in [4.78, 5) is 27.3. The molecule has 0 bridgehead atoms. The lowest BCUT2D eigenvalue weighted by molar-refractivity contribution is 0.668. The smallest absolute Gasteiger partial charge is 0.164 e. The van der Waals surface area contributed by atoms with Crippen LogP contribution in [0.2, 0.25) is 0 Å². The Bertz CT molecular complexity index is 9010. The molecule has 0 saturated heterocycles. The van der Waals surface area contributed by atoms with Crippen LogP contribution >= 0.6 is 0 Å². The standard InChI is InChI=1S/2C51H31N5O/c1-4-15-32(16-5-1)49-52-50(33-17-6-2-7-18-33)54-51(53-49)34-27-28-38-47(29-34)57-46-26-14-25-43(48(38)46)56-42-24-13-11-22-37(42)40-30-44-39(31-45(40)56)36-21-10-12-23-41(36)55(44)35-19-8-3-9-20-35;1-4-15-32(16-5-1)49-52-50(33-17-6-2-7-18-33)54-51(53-49)34-27-28-38-47(29-34)57-46-26-14-25-43(48(38)46)56-42-24-13-11-22-37(42)40-30-39-36-21-10-12-23-41(36)55(44(39)31-45(40)56)35-19-8-3-9-20-35/h2*1-31H/i2*1D,2D,4D,5D,6D,7D,15D,16D,17D,18D. The van der Waals surface area contributed by atoms with Gasteiger partial charge in [0.15, 0.2) is 34.9 Å². The van der Waals surface area contributed by atoms with Crippen LogP contribution in [0.1, 0.15) is 27.4 Å². The third-order valence-corrected chi connectivity index (χ3v) is 21.1. The van der Waals surface area contributed by atoms with Crippen LogP contribution in [0, 0.1) is 0 Å². The van der Waals surface area contributed by atoms with Crippen molar-refractivity contribution in [2.45, 2.75) is 0 Å².